The lowest BCUT2D eigenvalue weighted by atomic mass is 9.98. The Morgan fingerprint density at radius 2 is 1.28 bits per heavy atom. The minimum atomic E-state index is -0.941. The van der Waals surface area contributed by atoms with Gasteiger partial charge in [-0.3, -0.25) is 9.59 Å². The van der Waals surface area contributed by atoms with Gasteiger partial charge in [-0.2, -0.15) is 0 Å². The van der Waals surface area contributed by atoms with Gasteiger partial charge in [0, 0.05) is 0 Å². The van der Waals surface area contributed by atoms with Crippen molar-refractivity contribution in [1.29, 1.82) is 0 Å². The number of carbonyl (C=O) groups is 2. The molecule has 25 heavy (non-hydrogen) atoms. The van der Waals surface area contributed by atoms with Crippen LogP contribution in [0, 0.1) is 12.8 Å². The first-order valence-corrected chi connectivity index (χ1v) is 8.03. The molecule has 0 aliphatic carbocycles. The van der Waals surface area contributed by atoms with Crippen LogP contribution >= 0.6 is 0 Å². The molecule has 0 saturated heterocycles. The first-order chi connectivity index (χ1) is 12.0. The molecule has 0 fully saturated rings. The Labute approximate surface area is 148 Å². The maximum Gasteiger partial charge on any atom is 0.320 e. The summed E-state index contributed by atoms with van der Waals surface area (Å²) in [6.45, 7) is 2.06. The molecule has 0 saturated carbocycles. The first kappa shape index (κ1) is 18.5. The van der Waals surface area contributed by atoms with Crippen LogP contribution in [0.2, 0.25) is 0 Å². The van der Waals surface area contributed by atoms with E-state index in [-0.39, 0.29) is 6.42 Å². The van der Waals surface area contributed by atoms with E-state index < -0.39 is 17.9 Å². The number of hydrogen-bond donors (Lipinski definition) is 0. The van der Waals surface area contributed by atoms with Crippen LogP contribution < -0.4 is 0 Å². The highest BCUT2D eigenvalue weighted by atomic mass is 16.5. The van der Waals surface area contributed by atoms with Crippen LogP contribution in [0.15, 0.2) is 48.5 Å². The average Bonchev–Trinajstić information content (AvgIpc) is 2.65. The minimum absolute atomic E-state index is 0.251. The summed E-state index contributed by atoms with van der Waals surface area (Å²) in [5.41, 5.74) is 4.27. The topological polar surface area (TPSA) is 52.6 Å². The van der Waals surface area contributed by atoms with Crippen LogP contribution in [0.5, 0.6) is 0 Å². The quantitative estimate of drug-likeness (QED) is 0.458. The summed E-state index contributed by atoms with van der Waals surface area (Å²) in [4.78, 5) is 23.5. The van der Waals surface area contributed by atoms with Gasteiger partial charge in [-0.25, -0.2) is 0 Å². The summed E-state index contributed by atoms with van der Waals surface area (Å²) < 4.78 is 9.35. The second-order valence-electron chi connectivity index (χ2n) is 5.79. The van der Waals surface area contributed by atoms with Crippen molar-refractivity contribution >= 4 is 24.1 Å². The van der Waals surface area contributed by atoms with E-state index in [9.17, 15) is 9.59 Å². The Morgan fingerprint density at radius 3 is 1.72 bits per heavy atom. The normalized spacial score (nSPS) is 10.9. The monoisotopic (exact) mass is 338 g/mol. The Morgan fingerprint density at radius 1 is 0.840 bits per heavy atom. The lowest BCUT2D eigenvalue weighted by Gasteiger charge is -2.12. The van der Waals surface area contributed by atoms with Gasteiger partial charge in [-0.05, 0) is 30.0 Å². The molecule has 0 N–H and O–H groups in total. The van der Waals surface area contributed by atoms with Gasteiger partial charge in [0.15, 0.2) is 5.92 Å². The molecular formula is C21H22O4. The molecule has 0 unspecified atom stereocenters. The highest BCUT2D eigenvalue weighted by molar-refractivity contribution is 5.95. The molecular weight excluding hydrogens is 316 g/mol. The predicted molar refractivity (Wildman–Crippen MR) is 97.8 cm³/mol. The van der Waals surface area contributed by atoms with E-state index in [0.29, 0.717) is 0 Å². The molecule has 130 valence electrons. The summed E-state index contributed by atoms with van der Waals surface area (Å²) in [5.74, 6) is -2.12. The molecule has 4 heteroatoms. The zero-order chi connectivity index (χ0) is 18.2. The maximum atomic E-state index is 11.7. The maximum absolute atomic E-state index is 11.7. The first-order valence-electron chi connectivity index (χ1n) is 8.03. The number of esters is 2. The van der Waals surface area contributed by atoms with Crippen LogP contribution in [0.4, 0.5) is 0 Å². The van der Waals surface area contributed by atoms with Crippen molar-refractivity contribution in [3.63, 3.8) is 0 Å². The van der Waals surface area contributed by atoms with Crippen LogP contribution in [0.25, 0.3) is 12.2 Å². The molecule has 2 aromatic carbocycles. The van der Waals surface area contributed by atoms with E-state index in [4.69, 9.17) is 0 Å². The predicted octanol–water partition coefficient (Wildman–Crippen LogP) is 3.67. The van der Waals surface area contributed by atoms with Gasteiger partial charge < -0.3 is 9.47 Å². The second kappa shape index (κ2) is 8.83. The second-order valence-corrected chi connectivity index (χ2v) is 5.79. The molecule has 0 amide bonds. The Balaban J connectivity index is 2.06. The van der Waals surface area contributed by atoms with Gasteiger partial charge in [-0.15, -0.1) is 0 Å². The molecule has 4 nitrogen and oxygen atoms in total. The van der Waals surface area contributed by atoms with Gasteiger partial charge in [0.2, 0.25) is 0 Å². The average molecular weight is 338 g/mol. The molecule has 2 aromatic rings. The van der Waals surface area contributed by atoms with Gasteiger partial charge in [0.05, 0.1) is 14.2 Å². The zero-order valence-corrected chi connectivity index (χ0v) is 14.7. The number of carbonyl (C=O) groups excluding carboxylic acids is 2. The lowest BCUT2D eigenvalue weighted by molar-refractivity contribution is -0.158. The van der Waals surface area contributed by atoms with E-state index >= 15 is 0 Å². The summed E-state index contributed by atoms with van der Waals surface area (Å²) in [5, 5.41) is 0. The van der Waals surface area contributed by atoms with E-state index in [1.54, 1.807) is 0 Å². The van der Waals surface area contributed by atoms with Crippen LogP contribution in [0.1, 0.15) is 22.3 Å². The van der Waals surface area contributed by atoms with Crippen molar-refractivity contribution in [2.24, 2.45) is 5.92 Å². The molecule has 0 radical (unpaired) electrons. The summed E-state index contributed by atoms with van der Waals surface area (Å²) in [6.07, 6.45) is 4.31. The van der Waals surface area contributed by atoms with Crippen LogP contribution in [-0.4, -0.2) is 26.2 Å². The summed E-state index contributed by atoms with van der Waals surface area (Å²) >= 11 is 0. The Kier molecular flexibility index (Phi) is 6.52. The minimum Gasteiger partial charge on any atom is -0.468 e. The van der Waals surface area contributed by atoms with Gasteiger partial charge in [-0.1, -0.05) is 66.2 Å². The number of hydrogen-bond acceptors (Lipinski definition) is 4. The molecule has 0 aliphatic rings. The standard InChI is InChI=1S/C21H22O4/c1-15-4-6-16(7-5-15)8-9-17-10-12-18(13-11-17)14-19(20(22)24-2)21(23)25-3/h4-13,19H,14H2,1-3H3/b9-8+. The fourth-order valence-corrected chi connectivity index (χ4v) is 2.42. The fraction of sp³-hybridized carbons (Fsp3) is 0.238. The lowest BCUT2D eigenvalue weighted by Crippen LogP contribution is -2.28. The van der Waals surface area contributed by atoms with Gasteiger partial charge >= 0.3 is 11.9 Å². The highest BCUT2D eigenvalue weighted by Gasteiger charge is 2.28. The smallest absolute Gasteiger partial charge is 0.320 e. The molecule has 0 aliphatic heterocycles. The summed E-state index contributed by atoms with van der Waals surface area (Å²) in [6, 6.07) is 16.0. The van der Waals surface area contributed by atoms with E-state index in [1.165, 1.54) is 19.8 Å². The highest BCUT2D eigenvalue weighted by Crippen LogP contribution is 2.15. The molecule has 2 rings (SSSR count). The number of aryl methyl sites for hydroxylation is 1. The fourth-order valence-electron chi connectivity index (χ4n) is 2.42. The molecule has 0 atom stereocenters. The molecule has 0 bridgehead atoms. The van der Waals surface area contributed by atoms with Gasteiger partial charge in [0.1, 0.15) is 0 Å². The van der Waals surface area contributed by atoms with Crippen LogP contribution in [0.3, 0.4) is 0 Å². The largest absolute Gasteiger partial charge is 0.468 e. The third-order valence-corrected chi connectivity index (χ3v) is 3.94. The van der Waals surface area contributed by atoms with Crippen molar-refractivity contribution in [1.82, 2.24) is 0 Å². The van der Waals surface area contributed by atoms with Crippen molar-refractivity contribution in [2.45, 2.75) is 13.3 Å². The molecule has 0 spiro atoms. The Hall–Kier alpha value is -2.88. The van der Waals surface area contributed by atoms with Crippen molar-refractivity contribution < 1.29 is 19.1 Å². The van der Waals surface area contributed by atoms with Crippen molar-refractivity contribution in [3.8, 4) is 0 Å². The van der Waals surface area contributed by atoms with Crippen LogP contribution in [-0.2, 0) is 25.5 Å². The van der Waals surface area contributed by atoms with Crippen molar-refractivity contribution in [2.75, 3.05) is 14.2 Å². The number of methoxy groups -OCH3 is 2. The van der Waals surface area contributed by atoms with Gasteiger partial charge in [0.25, 0.3) is 0 Å². The van der Waals surface area contributed by atoms with E-state index in [0.717, 1.165) is 16.7 Å². The summed E-state index contributed by atoms with van der Waals surface area (Å²) in [7, 11) is 2.52. The number of ether oxygens (including phenoxy) is 2. The molecule has 0 aromatic heterocycles. The third kappa shape index (κ3) is 5.31. The zero-order valence-electron chi connectivity index (χ0n) is 14.7. The van der Waals surface area contributed by atoms with E-state index in [1.807, 2.05) is 36.4 Å². The third-order valence-electron chi connectivity index (χ3n) is 3.94. The number of rotatable bonds is 6. The van der Waals surface area contributed by atoms with Crippen molar-refractivity contribution in [3.05, 3.63) is 70.8 Å². The number of benzene rings is 2. The molecule has 0 heterocycles. The Bertz CT molecular complexity index is 726. The van der Waals surface area contributed by atoms with E-state index in [2.05, 4.69) is 40.7 Å². The SMILES string of the molecule is COC(=O)C(Cc1ccc(/C=C/c2ccc(C)cc2)cc1)C(=O)OC.